The van der Waals surface area contributed by atoms with Gasteiger partial charge in [-0.1, -0.05) is 36.9 Å². The Morgan fingerprint density at radius 1 is 1.38 bits per heavy atom. The first-order valence-electron chi connectivity index (χ1n) is 7.65. The van der Waals surface area contributed by atoms with Gasteiger partial charge in [-0.15, -0.1) is 10.2 Å². The molecule has 0 saturated heterocycles. The van der Waals surface area contributed by atoms with Crippen molar-refractivity contribution in [2.75, 3.05) is 11.6 Å². The fraction of sp³-hybridized carbons (Fsp3) is 0.533. The summed E-state index contributed by atoms with van der Waals surface area (Å²) in [5.41, 5.74) is 1.02. The number of thioether (sulfide) groups is 1. The lowest BCUT2D eigenvalue weighted by Gasteiger charge is -2.05. The molecule has 7 nitrogen and oxygen atoms in total. The number of hydrogen-bond acceptors (Lipinski definition) is 7. The zero-order valence-corrected chi connectivity index (χ0v) is 15.8. The van der Waals surface area contributed by atoms with Crippen LogP contribution in [0.5, 0.6) is 0 Å². The van der Waals surface area contributed by atoms with Crippen molar-refractivity contribution in [3.05, 3.63) is 26.6 Å². The number of carbonyl (C=O) groups is 1. The SMILES string of the molecule is CSc1nc(C)c(CCC(=O)Nc2nnc(CC(C)C)s2)c(=O)[nH]1. The first-order valence-corrected chi connectivity index (χ1v) is 9.69. The van der Waals surface area contributed by atoms with Gasteiger partial charge in [0.05, 0.1) is 0 Å². The Labute approximate surface area is 148 Å². The van der Waals surface area contributed by atoms with Crippen molar-refractivity contribution in [3.8, 4) is 0 Å². The Kier molecular flexibility index (Phi) is 6.50. The number of aromatic nitrogens is 4. The van der Waals surface area contributed by atoms with Crippen molar-refractivity contribution < 1.29 is 4.79 Å². The van der Waals surface area contributed by atoms with Gasteiger partial charge in [-0.2, -0.15) is 0 Å². The van der Waals surface area contributed by atoms with Gasteiger partial charge in [-0.25, -0.2) is 4.98 Å². The number of nitrogens with one attached hydrogen (secondary N) is 2. The summed E-state index contributed by atoms with van der Waals surface area (Å²) in [5, 5.41) is 12.8. The summed E-state index contributed by atoms with van der Waals surface area (Å²) < 4.78 is 0. The quantitative estimate of drug-likeness (QED) is 0.576. The van der Waals surface area contributed by atoms with Gasteiger partial charge in [0.15, 0.2) is 5.16 Å². The van der Waals surface area contributed by atoms with Gasteiger partial charge in [0.25, 0.3) is 5.56 Å². The highest BCUT2D eigenvalue weighted by molar-refractivity contribution is 7.98. The largest absolute Gasteiger partial charge is 0.301 e. The molecule has 0 saturated carbocycles. The number of rotatable bonds is 7. The minimum atomic E-state index is -0.185. The van der Waals surface area contributed by atoms with Crippen LogP contribution in [-0.2, 0) is 17.6 Å². The zero-order chi connectivity index (χ0) is 17.7. The normalized spacial score (nSPS) is 11.0. The van der Waals surface area contributed by atoms with E-state index in [1.165, 1.54) is 23.1 Å². The van der Waals surface area contributed by atoms with Crippen LogP contribution >= 0.6 is 23.1 Å². The van der Waals surface area contributed by atoms with Crippen LogP contribution in [0.25, 0.3) is 0 Å². The van der Waals surface area contributed by atoms with Crippen molar-refractivity contribution >= 4 is 34.1 Å². The lowest BCUT2D eigenvalue weighted by atomic mass is 10.1. The van der Waals surface area contributed by atoms with Crippen molar-refractivity contribution in [2.45, 2.75) is 45.2 Å². The summed E-state index contributed by atoms with van der Waals surface area (Å²) >= 11 is 2.76. The average Bonchev–Trinajstić information content (AvgIpc) is 2.92. The number of anilines is 1. The lowest BCUT2D eigenvalue weighted by molar-refractivity contribution is -0.116. The van der Waals surface area contributed by atoms with Gasteiger partial charge in [0.2, 0.25) is 11.0 Å². The fourth-order valence-corrected chi connectivity index (χ4v) is 3.52. The van der Waals surface area contributed by atoms with E-state index in [-0.39, 0.29) is 17.9 Å². The predicted octanol–water partition coefficient (Wildman–Crippen LogP) is 2.42. The van der Waals surface area contributed by atoms with E-state index < -0.39 is 0 Å². The van der Waals surface area contributed by atoms with Crippen LogP contribution in [0.1, 0.15) is 36.5 Å². The van der Waals surface area contributed by atoms with E-state index in [0.717, 1.165) is 11.4 Å². The van der Waals surface area contributed by atoms with Crippen LogP contribution in [-0.4, -0.2) is 32.3 Å². The van der Waals surface area contributed by atoms with Gasteiger partial charge >= 0.3 is 0 Å². The molecular formula is C15H21N5O2S2. The third-order valence-electron chi connectivity index (χ3n) is 3.29. The van der Waals surface area contributed by atoms with Gasteiger partial charge in [0.1, 0.15) is 5.01 Å². The van der Waals surface area contributed by atoms with Crippen LogP contribution in [0.4, 0.5) is 5.13 Å². The number of aryl methyl sites for hydroxylation is 1. The maximum Gasteiger partial charge on any atom is 0.254 e. The fourth-order valence-electron chi connectivity index (χ4n) is 2.13. The summed E-state index contributed by atoms with van der Waals surface area (Å²) in [5.74, 6) is 0.308. The van der Waals surface area contributed by atoms with Crippen LogP contribution in [0.3, 0.4) is 0 Å². The molecule has 2 aromatic rings. The standard InChI is InChI=1S/C15H21N5O2S2/c1-8(2)7-12-19-20-15(24-12)17-11(21)6-5-10-9(3)16-14(23-4)18-13(10)22/h8H,5-7H2,1-4H3,(H,16,18,22)(H,17,20,21). The topological polar surface area (TPSA) is 101 Å². The Bertz CT molecular complexity index is 769. The zero-order valence-electron chi connectivity index (χ0n) is 14.2. The number of amides is 1. The summed E-state index contributed by atoms with van der Waals surface area (Å²) in [4.78, 5) is 31.1. The molecule has 0 spiro atoms. The molecule has 2 aromatic heterocycles. The molecule has 0 radical (unpaired) electrons. The van der Waals surface area contributed by atoms with Gasteiger partial charge < -0.3 is 10.3 Å². The van der Waals surface area contributed by atoms with Crippen LogP contribution in [0, 0.1) is 12.8 Å². The molecule has 24 heavy (non-hydrogen) atoms. The van der Waals surface area contributed by atoms with Gasteiger partial charge in [-0.05, 0) is 25.5 Å². The van der Waals surface area contributed by atoms with Crippen LogP contribution in [0.15, 0.2) is 9.95 Å². The molecule has 0 bridgehead atoms. The summed E-state index contributed by atoms with van der Waals surface area (Å²) in [6.07, 6.45) is 3.23. The minimum Gasteiger partial charge on any atom is -0.301 e. The molecule has 0 aliphatic carbocycles. The van der Waals surface area contributed by atoms with Crippen molar-refractivity contribution in [1.29, 1.82) is 0 Å². The van der Waals surface area contributed by atoms with E-state index in [1.54, 1.807) is 6.92 Å². The summed E-state index contributed by atoms with van der Waals surface area (Å²) in [6.45, 7) is 6.00. The van der Waals surface area contributed by atoms with E-state index in [1.807, 2.05) is 6.26 Å². The number of hydrogen-bond donors (Lipinski definition) is 2. The minimum absolute atomic E-state index is 0.185. The second-order valence-electron chi connectivity index (χ2n) is 5.79. The van der Waals surface area contributed by atoms with E-state index in [0.29, 0.717) is 33.9 Å². The highest BCUT2D eigenvalue weighted by Gasteiger charge is 2.13. The maximum absolute atomic E-state index is 12.1. The van der Waals surface area contributed by atoms with Crippen molar-refractivity contribution in [3.63, 3.8) is 0 Å². The van der Waals surface area contributed by atoms with E-state index in [2.05, 4.69) is 39.3 Å². The molecule has 9 heteroatoms. The summed E-state index contributed by atoms with van der Waals surface area (Å²) in [7, 11) is 0. The second kappa shape index (κ2) is 8.39. The van der Waals surface area contributed by atoms with Gasteiger partial charge in [0, 0.05) is 24.1 Å². The number of nitrogens with zero attached hydrogens (tertiary/aromatic N) is 3. The molecule has 0 atom stereocenters. The first-order chi connectivity index (χ1) is 11.4. The Hall–Kier alpha value is -1.74. The first kappa shape index (κ1) is 18.6. The highest BCUT2D eigenvalue weighted by Crippen LogP contribution is 2.18. The predicted molar refractivity (Wildman–Crippen MR) is 96.8 cm³/mol. The van der Waals surface area contributed by atoms with E-state index in [4.69, 9.17) is 0 Å². The molecule has 0 fully saturated rings. The number of H-pyrrole nitrogens is 1. The lowest BCUT2D eigenvalue weighted by Crippen LogP contribution is -2.20. The average molecular weight is 368 g/mol. The van der Waals surface area contributed by atoms with Crippen LogP contribution in [0.2, 0.25) is 0 Å². The molecule has 2 N–H and O–H groups in total. The van der Waals surface area contributed by atoms with E-state index >= 15 is 0 Å². The molecule has 1 amide bonds. The molecule has 130 valence electrons. The highest BCUT2D eigenvalue weighted by atomic mass is 32.2. The Balaban J connectivity index is 1.94. The third-order valence-corrected chi connectivity index (χ3v) is 4.73. The molecular weight excluding hydrogens is 346 g/mol. The molecule has 0 aliphatic heterocycles. The number of carbonyl (C=O) groups excluding carboxylic acids is 1. The van der Waals surface area contributed by atoms with Gasteiger partial charge in [-0.3, -0.25) is 9.59 Å². The third kappa shape index (κ3) is 5.13. The van der Waals surface area contributed by atoms with Crippen LogP contribution < -0.4 is 10.9 Å². The molecule has 0 aliphatic rings. The van der Waals surface area contributed by atoms with Crippen molar-refractivity contribution in [2.24, 2.45) is 5.92 Å². The maximum atomic E-state index is 12.1. The van der Waals surface area contributed by atoms with Crippen molar-refractivity contribution in [1.82, 2.24) is 20.2 Å². The molecule has 0 aromatic carbocycles. The van der Waals surface area contributed by atoms with E-state index in [9.17, 15) is 9.59 Å². The molecule has 0 unspecified atom stereocenters. The second-order valence-corrected chi connectivity index (χ2v) is 7.64. The number of aromatic amines is 1. The monoisotopic (exact) mass is 367 g/mol. The molecule has 2 heterocycles. The Morgan fingerprint density at radius 2 is 2.12 bits per heavy atom. The Morgan fingerprint density at radius 3 is 2.75 bits per heavy atom. The summed E-state index contributed by atoms with van der Waals surface area (Å²) in [6, 6.07) is 0. The molecule has 2 rings (SSSR count). The smallest absolute Gasteiger partial charge is 0.254 e.